The highest BCUT2D eigenvalue weighted by atomic mass is 32.2. The van der Waals surface area contributed by atoms with Crippen LogP contribution in [0.1, 0.15) is 31.2 Å². The average molecular weight is 463 g/mol. The van der Waals surface area contributed by atoms with Gasteiger partial charge < -0.3 is 4.90 Å². The van der Waals surface area contributed by atoms with Crippen molar-refractivity contribution in [1.29, 1.82) is 0 Å². The summed E-state index contributed by atoms with van der Waals surface area (Å²) in [5.41, 5.74) is 0.950. The lowest BCUT2D eigenvalue weighted by Gasteiger charge is -2.32. The Balaban J connectivity index is 1.48. The average Bonchev–Trinajstić information content (AvgIpc) is 3.23. The Hall–Kier alpha value is -2.36. The van der Waals surface area contributed by atoms with Gasteiger partial charge in [-0.2, -0.15) is 8.68 Å². The molecule has 2 aromatic rings. The number of aromatic nitrogens is 2. The van der Waals surface area contributed by atoms with Crippen LogP contribution in [-0.4, -0.2) is 48.3 Å². The largest absolute Gasteiger partial charge is 0.344 e. The zero-order chi connectivity index (χ0) is 22.1. The molecule has 1 saturated heterocycles. The van der Waals surface area contributed by atoms with E-state index in [1.807, 2.05) is 31.2 Å². The smallest absolute Gasteiger partial charge is 0.236 e. The summed E-state index contributed by atoms with van der Waals surface area (Å²) in [6.45, 7) is 3.94. The molecule has 1 fully saturated rings. The zero-order valence-corrected chi connectivity index (χ0v) is 19.2. The topological polar surface area (TPSA) is 66.4 Å². The van der Waals surface area contributed by atoms with Crippen molar-refractivity contribution in [3.63, 3.8) is 0 Å². The van der Waals surface area contributed by atoms with Crippen LogP contribution in [0.4, 0.5) is 9.52 Å². The Kier molecular flexibility index (Phi) is 8.51. The molecule has 166 valence electrons. The van der Waals surface area contributed by atoms with Gasteiger partial charge in [0, 0.05) is 49.5 Å². The van der Waals surface area contributed by atoms with Crippen LogP contribution in [0.2, 0.25) is 0 Å². The second kappa shape index (κ2) is 11.3. The standard InChI is InChI=1S/C22H27FN4O2S2/c1-2-3-4-5-6-7-8-17-31(28,29)27-15-13-26(14-16-27)22-24-21(25-30-22)18-19-9-11-20(23)12-10-19/h2-5,8-12,17H,6-7,13-16,18H2,1H3/b3-2-,5-4-,17-8+. The number of hydrogen-bond donors (Lipinski definition) is 0. The van der Waals surface area contributed by atoms with Gasteiger partial charge >= 0.3 is 0 Å². The third-order valence-corrected chi connectivity index (χ3v) is 7.25. The number of anilines is 1. The minimum Gasteiger partial charge on any atom is -0.344 e. The summed E-state index contributed by atoms with van der Waals surface area (Å²) in [7, 11) is -3.40. The second-order valence-corrected chi connectivity index (χ2v) is 9.68. The molecular weight excluding hydrogens is 435 g/mol. The SMILES string of the molecule is C/C=C\C=C/CC/C=C/S(=O)(=O)N1CCN(c2nc(Cc3ccc(F)cc3)ns2)CC1. The highest BCUT2D eigenvalue weighted by molar-refractivity contribution is 7.92. The highest BCUT2D eigenvalue weighted by Gasteiger charge is 2.26. The molecule has 0 radical (unpaired) electrons. The van der Waals surface area contributed by atoms with E-state index in [-0.39, 0.29) is 5.82 Å². The maximum Gasteiger partial charge on any atom is 0.236 e. The monoisotopic (exact) mass is 462 g/mol. The molecular formula is C22H27FN4O2S2. The van der Waals surface area contributed by atoms with Crippen LogP contribution < -0.4 is 4.90 Å². The molecule has 0 saturated carbocycles. The van der Waals surface area contributed by atoms with Gasteiger partial charge in [-0.1, -0.05) is 42.5 Å². The van der Waals surface area contributed by atoms with Gasteiger partial charge in [0.15, 0.2) is 0 Å². The van der Waals surface area contributed by atoms with E-state index in [1.165, 1.54) is 33.4 Å². The van der Waals surface area contributed by atoms with Gasteiger partial charge in [0.2, 0.25) is 15.2 Å². The molecule has 31 heavy (non-hydrogen) atoms. The summed E-state index contributed by atoms with van der Waals surface area (Å²) in [5, 5.41) is 2.11. The van der Waals surface area contributed by atoms with Crippen LogP contribution in [0.5, 0.6) is 0 Å². The van der Waals surface area contributed by atoms with Crippen molar-refractivity contribution in [1.82, 2.24) is 13.7 Å². The number of hydrogen-bond acceptors (Lipinski definition) is 6. The minimum absolute atomic E-state index is 0.264. The van der Waals surface area contributed by atoms with Gasteiger partial charge in [-0.25, -0.2) is 17.8 Å². The number of rotatable bonds is 9. The number of allylic oxidation sites excluding steroid dienone is 5. The number of sulfonamides is 1. The molecule has 3 rings (SSSR count). The number of piperazine rings is 1. The normalized spacial score (nSPS) is 16.3. The van der Waals surface area contributed by atoms with Crippen molar-refractivity contribution < 1.29 is 12.8 Å². The third-order valence-electron chi connectivity index (χ3n) is 4.81. The molecule has 0 atom stereocenters. The first-order valence-corrected chi connectivity index (χ1v) is 12.5. The lowest BCUT2D eigenvalue weighted by Crippen LogP contribution is -2.48. The first-order chi connectivity index (χ1) is 15.0. The number of nitrogens with zero attached hydrogens (tertiary/aromatic N) is 4. The predicted molar refractivity (Wildman–Crippen MR) is 124 cm³/mol. The summed E-state index contributed by atoms with van der Waals surface area (Å²) in [6, 6.07) is 6.31. The number of unbranched alkanes of at least 4 members (excludes halogenated alkanes) is 1. The van der Waals surface area contributed by atoms with E-state index >= 15 is 0 Å². The lowest BCUT2D eigenvalue weighted by molar-refractivity contribution is 0.389. The molecule has 0 bridgehead atoms. The van der Waals surface area contributed by atoms with E-state index < -0.39 is 10.0 Å². The Morgan fingerprint density at radius 1 is 1.06 bits per heavy atom. The summed E-state index contributed by atoms with van der Waals surface area (Å²) in [4.78, 5) is 6.64. The summed E-state index contributed by atoms with van der Waals surface area (Å²) in [5.74, 6) is 0.424. The Bertz CT molecular complexity index is 1020. The second-order valence-electron chi connectivity index (χ2n) is 7.13. The van der Waals surface area contributed by atoms with Crippen LogP contribution in [-0.2, 0) is 16.4 Å². The van der Waals surface area contributed by atoms with E-state index in [4.69, 9.17) is 0 Å². The third kappa shape index (κ3) is 7.09. The van der Waals surface area contributed by atoms with Gasteiger partial charge in [-0.05, 0) is 37.5 Å². The first kappa shape index (κ1) is 23.3. The fourth-order valence-electron chi connectivity index (χ4n) is 3.12. The maximum atomic E-state index is 13.0. The molecule has 1 aliphatic heterocycles. The zero-order valence-electron chi connectivity index (χ0n) is 17.5. The van der Waals surface area contributed by atoms with Crippen molar-refractivity contribution in [2.24, 2.45) is 0 Å². The molecule has 2 heterocycles. The summed E-state index contributed by atoms with van der Waals surface area (Å²) >= 11 is 1.31. The Morgan fingerprint density at radius 3 is 2.48 bits per heavy atom. The van der Waals surface area contributed by atoms with E-state index in [2.05, 4.69) is 14.3 Å². The van der Waals surface area contributed by atoms with Crippen molar-refractivity contribution in [2.45, 2.75) is 26.2 Å². The molecule has 1 aromatic heterocycles. The molecule has 6 nitrogen and oxygen atoms in total. The fourth-order valence-corrected chi connectivity index (χ4v) is 5.08. The molecule has 0 unspecified atom stereocenters. The molecule has 1 aliphatic rings. The van der Waals surface area contributed by atoms with Crippen LogP contribution in [0.15, 0.2) is 60.1 Å². The Labute approximate surface area is 187 Å². The van der Waals surface area contributed by atoms with Gasteiger partial charge in [0.25, 0.3) is 0 Å². The first-order valence-electron chi connectivity index (χ1n) is 10.2. The van der Waals surface area contributed by atoms with E-state index in [0.29, 0.717) is 44.8 Å². The van der Waals surface area contributed by atoms with E-state index in [1.54, 1.807) is 18.2 Å². The van der Waals surface area contributed by atoms with Crippen LogP contribution in [0.3, 0.4) is 0 Å². The van der Waals surface area contributed by atoms with Crippen LogP contribution in [0, 0.1) is 5.82 Å². The summed E-state index contributed by atoms with van der Waals surface area (Å²) < 4.78 is 44.0. The predicted octanol–water partition coefficient (Wildman–Crippen LogP) is 4.15. The van der Waals surface area contributed by atoms with Gasteiger partial charge in [-0.15, -0.1) is 0 Å². The molecule has 1 aromatic carbocycles. The van der Waals surface area contributed by atoms with Gasteiger partial charge in [0.1, 0.15) is 11.6 Å². The maximum absolute atomic E-state index is 13.0. The molecule has 9 heteroatoms. The Morgan fingerprint density at radius 2 is 1.77 bits per heavy atom. The van der Waals surface area contributed by atoms with E-state index in [0.717, 1.165) is 17.1 Å². The van der Waals surface area contributed by atoms with E-state index in [9.17, 15) is 12.8 Å². The van der Waals surface area contributed by atoms with Crippen molar-refractivity contribution in [3.8, 4) is 0 Å². The molecule has 0 N–H and O–H groups in total. The number of benzene rings is 1. The number of halogens is 1. The molecule has 0 amide bonds. The van der Waals surface area contributed by atoms with Gasteiger partial charge in [-0.3, -0.25) is 0 Å². The van der Waals surface area contributed by atoms with Crippen molar-refractivity contribution in [3.05, 3.63) is 77.3 Å². The fraction of sp³-hybridized carbons (Fsp3) is 0.364. The van der Waals surface area contributed by atoms with Crippen molar-refractivity contribution in [2.75, 3.05) is 31.1 Å². The van der Waals surface area contributed by atoms with Gasteiger partial charge in [0.05, 0.1) is 0 Å². The van der Waals surface area contributed by atoms with Crippen molar-refractivity contribution >= 4 is 26.7 Å². The quantitative estimate of drug-likeness (QED) is 0.414. The van der Waals surface area contributed by atoms with Crippen LogP contribution in [0.25, 0.3) is 0 Å². The summed E-state index contributed by atoms with van der Waals surface area (Å²) in [6.07, 6.45) is 11.6. The molecule has 0 aliphatic carbocycles. The molecule has 0 spiro atoms. The minimum atomic E-state index is -3.40. The van der Waals surface area contributed by atoms with Crippen LogP contribution >= 0.6 is 11.5 Å². The lowest BCUT2D eigenvalue weighted by atomic mass is 10.1. The highest BCUT2D eigenvalue weighted by Crippen LogP contribution is 2.21.